The van der Waals surface area contributed by atoms with Crippen molar-refractivity contribution in [2.45, 2.75) is 0 Å². The van der Waals surface area contributed by atoms with E-state index >= 15 is 0 Å². The van der Waals surface area contributed by atoms with Crippen LogP contribution in [-0.4, -0.2) is 4.40 Å². The van der Waals surface area contributed by atoms with E-state index in [-0.39, 0.29) is 0 Å². The van der Waals surface area contributed by atoms with Gasteiger partial charge in [0.1, 0.15) is 0 Å². The van der Waals surface area contributed by atoms with Crippen LogP contribution in [-0.2, 0) is 0 Å². The first-order valence-electron chi connectivity index (χ1n) is 15.4. The summed E-state index contributed by atoms with van der Waals surface area (Å²) in [5.41, 5.74) is 9.62. The first-order chi connectivity index (χ1) is 22.3. The standard InChI is InChI=1S/C42H26N2S/c1-3-11-27(12-4-1)28-21-23-30(24-22-28)43(29-13-5-2-6-14-29)31-25-34-32-15-7-8-17-36(32)44-37-18-10-20-39-41(37)40-33(35(26-31)42(34)44)16-9-19-38(40)45-39/h1-26H. The van der Waals surface area contributed by atoms with Crippen molar-refractivity contribution in [2.75, 3.05) is 4.90 Å². The van der Waals surface area contributed by atoms with Crippen molar-refractivity contribution in [1.29, 1.82) is 0 Å². The van der Waals surface area contributed by atoms with Gasteiger partial charge < -0.3 is 9.30 Å². The number of hydrogen-bond acceptors (Lipinski definition) is 2. The number of aromatic nitrogens is 1. The second-order valence-corrected chi connectivity index (χ2v) is 12.8. The molecule has 3 heteroatoms. The Morgan fingerprint density at radius 2 is 0.978 bits per heavy atom. The van der Waals surface area contributed by atoms with Crippen molar-refractivity contribution in [1.82, 2.24) is 4.40 Å². The number of hydrogen-bond donors (Lipinski definition) is 0. The maximum atomic E-state index is 2.51. The molecule has 0 bridgehead atoms. The average Bonchev–Trinajstić information content (AvgIpc) is 3.61. The average molecular weight is 591 g/mol. The number of para-hydroxylation sites is 2. The van der Waals surface area contributed by atoms with Gasteiger partial charge in [-0.3, -0.25) is 0 Å². The molecule has 10 aromatic rings. The fourth-order valence-electron chi connectivity index (χ4n) is 7.38. The Balaban J connectivity index is 1.34. The molecule has 0 spiro atoms. The summed E-state index contributed by atoms with van der Waals surface area (Å²) >= 11 is 1.89. The Labute approximate surface area is 264 Å². The fourth-order valence-corrected chi connectivity index (χ4v) is 8.54. The molecular weight excluding hydrogens is 565 g/mol. The first-order valence-corrected chi connectivity index (χ1v) is 16.2. The second-order valence-electron chi connectivity index (χ2n) is 11.8. The third-order valence-corrected chi connectivity index (χ3v) is 10.4. The van der Waals surface area contributed by atoms with Crippen molar-refractivity contribution in [2.24, 2.45) is 0 Å². The summed E-state index contributed by atoms with van der Waals surface area (Å²) < 4.78 is 5.18. The molecule has 0 aliphatic rings. The van der Waals surface area contributed by atoms with Crippen LogP contribution in [0.5, 0.6) is 0 Å². The van der Waals surface area contributed by atoms with Crippen molar-refractivity contribution >= 4 is 86.7 Å². The minimum atomic E-state index is 1.13. The smallest absolute Gasteiger partial charge is 0.0621 e. The number of rotatable bonds is 4. The van der Waals surface area contributed by atoms with Crippen LogP contribution in [0.1, 0.15) is 0 Å². The van der Waals surface area contributed by atoms with Crippen LogP contribution in [0, 0.1) is 0 Å². The van der Waals surface area contributed by atoms with Crippen molar-refractivity contribution in [3.63, 3.8) is 0 Å². The molecule has 3 heterocycles. The molecular formula is C42H26N2S. The summed E-state index contributed by atoms with van der Waals surface area (Å²) in [6.45, 7) is 0. The summed E-state index contributed by atoms with van der Waals surface area (Å²) in [6, 6.07) is 57.6. The monoisotopic (exact) mass is 590 g/mol. The normalized spacial score (nSPS) is 12.0. The van der Waals surface area contributed by atoms with E-state index in [1.165, 1.54) is 69.4 Å². The molecule has 10 rings (SSSR count). The summed E-state index contributed by atoms with van der Waals surface area (Å²) in [5.74, 6) is 0. The molecule has 0 radical (unpaired) electrons. The predicted molar refractivity (Wildman–Crippen MR) is 194 cm³/mol. The molecule has 0 unspecified atom stereocenters. The lowest BCUT2D eigenvalue weighted by molar-refractivity contribution is 1.29. The van der Waals surface area contributed by atoms with Gasteiger partial charge in [-0.25, -0.2) is 0 Å². The molecule has 2 nitrogen and oxygen atoms in total. The number of benzene rings is 7. The van der Waals surface area contributed by atoms with Crippen LogP contribution in [0.15, 0.2) is 158 Å². The quantitative estimate of drug-likeness (QED) is 0.198. The number of nitrogens with zero attached hydrogens (tertiary/aromatic N) is 2. The van der Waals surface area contributed by atoms with Gasteiger partial charge in [-0.05, 0) is 77.2 Å². The lowest BCUT2D eigenvalue weighted by atomic mass is 10.0. The van der Waals surface area contributed by atoms with E-state index in [1.54, 1.807) is 0 Å². The molecule has 3 aromatic heterocycles. The highest BCUT2D eigenvalue weighted by Gasteiger charge is 2.22. The Morgan fingerprint density at radius 1 is 0.400 bits per heavy atom. The Morgan fingerprint density at radius 3 is 1.78 bits per heavy atom. The summed E-state index contributed by atoms with van der Waals surface area (Å²) in [5, 5.41) is 7.81. The number of fused-ring (bicyclic) bond motifs is 5. The van der Waals surface area contributed by atoms with E-state index in [1.807, 2.05) is 11.3 Å². The van der Waals surface area contributed by atoms with E-state index in [2.05, 4.69) is 167 Å². The zero-order valence-electron chi connectivity index (χ0n) is 24.3. The molecule has 0 atom stereocenters. The van der Waals surface area contributed by atoms with Crippen LogP contribution < -0.4 is 4.90 Å². The minimum absolute atomic E-state index is 1.13. The van der Waals surface area contributed by atoms with Gasteiger partial charge in [0.25, 0.3) is 0 Å². The van der Waals surface area contributed by atoms with Gasteiger partial charge in [0.2, 0.25) is 0 Å². The zero-order chi connectivity index (χ0) is 29.5. The topological polar surface area (TPSA) is 7.65 Å². The minimum Gasteiger partial charge on any atom is -0.310 e. The second kappa shape index (κ2) is 9.43. The SMILES string of the molecule is c1ccc(-c2ccc(N(c3ccccc3)c3cc4c5cccc6sc7cccc(c7c65)n5c6ccccc6c(c3)c45)cc2)cc1. The molecule has 0 saturated heterocycles. The van der Waals surface area contributed by atoms with E-state index in [0.717, 1.165) is 17.1 Å². The van der Waals surface area contributed by atoms with E-state index < -0.39 is 0 Å². The van der Waals surface area contributed by atoms with E-state index in [0.29, 0.717) is 0 Å². The van der Waals surface area contributed by atoms with Gasteiger partial charge in [-0.2, -0.15) is 0 Å². The molecule has 0 amide bonds. The molecule has 0 fully saturated rings. The van der Waals surface area contributed by atoms with Crippen LogP contribution in [0.2, 0.25) is 0 Å². The van der Waals surface area contributed by atoms with Gasteiger partial charge >= 0.3 is 0 Å². The summed E-state index contributed by atoms with van der Waals surface area (Å²) in [4.78, 5) is 2.40. The molecule has 0 aliphatic carbocycles. The Bertz CT molecular complexity index is 2680. The molecule has 45 heavy (non-hydrogen) atoms. The third kappa shape index (κ3) is 3.56. The van der Waals surface area contributed by atoms with Gasteiger partial charge in [-0.15, -0.1) is 11.3 Å². The summed E-state index contributed by atoms with van der Waals surface area (Å²) in [6.07, 6.45) is 0. The maximum absolute atomic E-state index is 2.51. The van der Waals surface area contributed by atoms with Crippen molar-refractivity contribution in [3.05, 3.63) is 158 Å². The highest BCUT2D eigenvalue weighted by atomic mass is 32.1. The largest absolute Gasteiger partial charge is 0.310 e. The lowest BCUT2D eigenvalue weighted by Crippen LogP contribution is -2.09. The fraction of sp³-hybridized carbons (Fsp3) is 0. The highest BCUT2D eigenvalue weighted by Crippen LogP contribution is 2.47. The predicted octanol–water partition coefficient (Wildman–Crippen LogP) is 12.3. The number of anilines is 3. The van der Waals surface area contributed by atoms with Crippen LogP contribution in [0.3, 0.4) is 0 Å². The van der Waals surface area contributed by atoms with E-state index in [4.69, 9.17) is 0 Å². The van der Waals surface area contributed by atoms with Crippen molar-refractivity contribution in [3.8, 4) is 11.1 Å². The van der Waals surface area contributed by atoms with Gasteiger partial charge in [-0.1, -0.05) is 97.1 Å². The molecule has 7 aromatic carbocycles. The van der Waals surface area contributed by atoms with Crippen molar-refractivity contribution < 1.29 is 0 Å². The Hall–Kier alpha value is -5.64. The Kier molecular flexibility index (Phi) is 5.19. The van der Waals surface area contributed by atoms with Crippen LogP contribution >= 0.6 is 11.3 Å². The summed E-state index contributed by atoms with van der Waals surface area (Å²) in [7, 11) is 0. The number of thiophene rings is 1. The maximum Gasteiger partial charge on any atom is 0.0621 e. The van der Waals surface area contributed by atoms with Crippen LogP contribution in [0.4, 0.5) is 17.1 Å². The van der Waals surface area contributed by atoms with Gasteiger partial charge in [0, 0.05) is 53.4 Å². The van der Waals surface area contributed by atoms with Gasteiger partial charge in [0.05, 0.1) is 16.6 Å². The molecule has 0 N–H and O–H groups in total. The van der Waals surface area contributed by atoms with Gasteiger partial charge in [0.15, 0.2) is 0 Å². The first kappa shape index (κ1) is 24.8. The molecule has 210 valence electrons. The molecule has 0 saturated carbocycles. The lowest BCUT2D eigenvalue weighted by Gasteiger charge is -2.26. The van der Waals surface area contributed by atoms with E-state index in [9.17, 15) is 0 Å². The zero-order valence-corrected chi connectivity index (χ0v) is 25.1. The molecule has 0 aliphatic heterocycles. The third-order valence-electron chi connectivity index (χ3n) is 9.29. The van der Waals surface area contributed by atoms with Crippen LogP contribution in [0.25, 0.3) is 69.4 Å². The highest BCUT2D eigenvalue weighted by molar-refractivity contribution is 7.26.